The number of benzene rings is 2. The Balaban J connectivity index is 2.03. The first-order chi connectivity index (χ1) is 9.78. The number of nitrogens with two attached hydrogens (primary N) is 1. The van der Waals surface area contributed by atoms with E-state index in [0.717, 1.165) is 31.6 Å². The molecule has 2 aromatic carbocycles. The normalized spacial score (nSPS) is 10.9. The van der Waals surface area contributed by atoms with E-state index >= 15 is 0 Å². The Hall–Kier alpha value is -1.62. The van der Waals surface area contributed by atoms with E-state index in [9.17, 15) is 0 Å². The van der Waals surface area contributed by atoms with Crippen LogP contribution in [0.25, 0.3) is 20.8 Å². The standard InChI is InChI=1S/C15H13ClN2OS/c16-11-6-4-10(5-7-11)15-18-14-12(19-9-8-17)2-1-3-13(14)20-15/h1-7H,8-9,17H2. The van der Waals surface area contributed by atoms with Crippen molar-refractivity contribution in [3.05, 3.63) is 47.5 Å². The van der Waals surface area contributed by atoms with Crippen LogP contribution in [0.1, 0.15) is 0 Å². The second-order valence-corrected chi connectivity index (χ2v) is 5.73. The molecule has 3 aromatic rings. The van der Waals surface area contributed by atoms with Crippen molar-refractivity contribution >= 4 is 33.2 Å². The van der Waals surface area contributed by atoms with Gasteiger partial charge in [0.25, 0.3) is 0 Å². The number of fused-ring (bicyclic) bond motifs is 1. The van der Waals surface area contributed by atoms with Gasteiger partial charge in [-0.1, -0.05) is 29.8 Å². The minimum absolute atomic E-state index is 0.491. The topological polar surface area (TPSA) is 48.1 Å². The summed E-state index contributed by atoms with van der Waals surface area (Å²) in [4.78, 5) is 4.68. The first kappa shape index (κ1) is 13.4. The molecule has 0 saturated carbocycles. The highest BCUT2D eigenvalue weighted by Gasteiger charge is 2.10. The number of hydrogen-bond acceptors (Lipinski definition) is 4. The van der Waals surface area contributed by atoms with E-state index in [-0.39, 0.29) is 0 Å². The number of ether oxygens (including phenoxy) is 1. The van der Waals surface area contributed by atoms with Crippen molar-refractivity contribution < 1.29 is 4.74 Å². The minimum atomic E-state index is 0.491. The first-order valence-electron chi connectivity index (χ1n) is 6.26. The van der Waals surface area contributed by atoms with E-state index in [1.807, 2.05) is 42.5 Å². The van der Waals surface area contributed by atoms with Gasteiger partial charge in [0.05, 0.1) is 4.70 Å². The average molecular weight is 305 g/mol. The fraction of sp³-hybridized carbons (Fsp3) is 0.133. The molecular weight excluding hydrogens is 292 g/mol. The molecule has 0 amide bonds. The molecule has 0 bridgehead atoms. The molecule has 1 heterocycles. The van der Waals surface area contributed by atoms with Gasteiger partial charge in [-0.25, -0.2) is 4.98 Å². The third-order valence-electron chi connectivity index (χ3n) is 2.85. The Morgan fingerprint density at radius 3 is 2.70 bits per heavy atom. The first-order valence-corrected chi connectivity index (χ1v) is 7.46. The third kappa shape index (κ3) is 2.63. The van der Waals surface area contributed by atoms with Crippen LogP contribution in [0.15, 0.2) is 42.5 Å². The molecule has 3 rings (SSSR count). The summed E-state index contributed by atoms with van der Waals surface area (Å²) < 4.78 is 6.74. The Morgan fingerprint density at radius 2 is 1.95 bits per heavy atom. The zero-order valence-electron chi connectivity index (χ0n) is 10.7. The molecule has 0 unspecified atom stereocenters. The molecule has 0 aliphatic carbocycles. The molecule has 2 N–H and O–H groups in total. The minimum Gasteiger partial charge on any atom is -0.490 e. The molecule has 0 fully saturated rings. The van der Waals surface area contributed by atoms with Crippen LogP contribution in [0.4, 0.5) is 0 Å². The number of rotatable bonds is 4. The molecule has 5 heteroatoms. The molecule has 0 spiro atoms. The van der Waals surface area contributed by atoms with Crippen LogP contribution in [0.3, 0.4) is 0 Å². The summed E-state index contributed by atoms with van der Waals surface area (Å²) in [6.45, 7) is 0.984. The summed E-state index contributed by atoms with van der Waals surface area (Å²) in [6, 6.07) is 13.6. The van der Waals surface area contributed by atoms with Crippen molar-refractivity contribution in [2.75, 3.05) is 13.2 Å². The quantitative estimate of drug-likeness (QED) is 0.794. The highest BCUT2D eigenvalue weighted by molar-refractivity contribution is 7.21. The summed E-state index contributed by atoms with van der Waals surface area (Å²) >= 11 is 7.55. The van der Waals surface area contributed by atoms with Crippen LogP contribution < -0.4 is 10.5 Å². The van der Waals surface area contributed by atoms with Crippen LogP contribution in [0.2, 0.25) is 5.02 Å². The lowest BCUT2D eigenvalue weighted by Gasteiger charge is -2.03. The van der Waals surface area contributed by atoms with E-state index in [1.54, 1.807) is 11.3 Å². The predicted molar refractivity (Wildman–Crippen MR) is 84.6 cm³/mol. The Kier molecular flexibility index (Phi) is 3.87. The second-order valence-electron chi connectivity index (χ2n) is 4.27. The van der Waals surface area contributed by atoms with Crippen LogP contribution in [0, 0.1) is 0 Å². The molecular formula is C15H13ClN2OS. The zero-order chi connectivity index (χ0) is 13.9. The Labute approximate surface area is 126 Å². The predicted octanol–water partition coefficient (Wildman–Crippen LogP) is 3.95. The van der Waals surface area contributed by atoms with Crippen LogP contribution in [-0.4, -0.2) is 18.1 Å². The summed E-state index contributed by atoms with van der Waals surface area (Å²) in [5.41, 5.74) is 7.42. The number of nitrogens with zero attached hydrogens (tertiary/aromatic N) is 1. The van der Waals surface area contributed by atoms with Crippen LogP contribution >= 0.6 is 22.9 Å². The van der Waals surface area contributed by atoms with E-state index < -0.39 is 0 Å². The fourth-order valence-electron chi connectivity index (χ4n) is 1.92. The van der Waals surface area contributed by atoms with Gasteiger partial charge in [-0.05, 0) is 24.3 Å². The lowest BCUT2D eigenvalue weighted by atomic mass is 10.2. The largest absolute Gasteiger partial charge is 0.490 e. The van der Waals surface area contributed by atoms with Gasteiger partial charge in [0.15, 0.2) is 0 Å². The molecule has 102 valence electrons. The zero-order valence-corrected chi connectivity index (χ0v) is 12.2. The fourth-order valence-corrected chi connectivity index (χ4v) is 3.04. The van der Waals surface area contributed by atoms with Gasteiger partial charge in [0, 0.05) is 17.1 Å². The van der Waals surface area contributed by atoms with E-state index in [0.29, 0.717) is 13.2 Å². The van der Waals surface area contributed by atoms with Gasteiger partial charge in [-0.15, -0.1) is 11.3 Å². The highest BCUT2D eigenvalue weighted by atomic mass is 35.5. The van der Waals surface area contributed by atoms with Gasteiger partial charge < -0.3 is 10.5 Å². The van der Waals surface area contributed by atoms with Crippen molar-refractivity contribution in [3.8, 4) is 16.3 Å². The van der Waals surface area contributed by atoms with E-state index in [1.165, 1.54) is 0 Å². The van der Waals surface area contributed by atoms with Crippen molar-refractivity contribution in [2.24, 2.45) is 5.73 Å². The van der Waals surface area contributed by atoms with Crippen LogP contribution in [0.5, 0.6) is 5.75 Å². The highest BCUT2D eigenvalue weighted by Crippen LogP contribution is 2.34. The third-order valence-corrected chi connectivity index (χ3v) is 4.17. The van der Waals surface area contributed by atoms with E-state index in [4.69, 9.17) is 22.1 Å². The molecule has 0 aliphatic heterocycles. The monoisotopic (exact) mass is 304 g/mol. The lowest BCUT2D eigenvalue weighted by molar-refractivity contribution is 0.331. The lowest BCUT2D eigenvalue weighted by Crippen LogP contribution is -2.10. The summed E-state index contributed by atoms with van der Waals surface area (Å²) in [5, 5.41) is 1.68. The molecule has 1 aromatic heterocycles. The molecule has 0 aliphatic rings. The van der Waals surface area contributed by atoms with Gasteiger partial charge in [0.1, 0.15) is 22.9 Å². The molecule has 0 radical (unpaired) electrons. The second kappa shape index (κ2) is 5.79. The SMILES string of the molecule is NCCOc1cccc2sc(-c3ccc(Cl)cc3)nc12. The number of aromatic nitrogens is 1. The van der Waals surface area contributed by atoms with Gasteiger partial charge in [0.2, 0.25) is 0 Å². The number of thiazole rings is 1. The Morgan fingerprint density at radius 1 is 1.15 bits per heavy atom. The van der Waals surface area contributed by atoms with Crippen molar-refractivity contribution in [1.82, 2.24) is 4.98 Å². The smallest absolute Gasteiger partial charge is 0.146 e. The van der Waals surface area contributed by atoms with Gasteiger partial charge in [-0.3, -0.25) is 0 Å². The maximum atomic E-state index is 5.91. The molecule has 3 nitrogen and oxygen atoms in total. The molecule has 20 heavy (non-hydrogen) atoms. The van der Waals surface area contributed by atoms with Gasteiger partial charge in [-0.2, -0.15) is 0 Å². The maximum Gasteiger partial charge on any atom is 0.146 e. The summed E-state index contributed by atoms with van der Waals surface area (Å²) in [7, 11) is 0. The molecule has 0 saturated heterocycles. The Bertz CT molecular complexity index is 724. The summed E-state index contributed by atoms with van der Waals surface area (Å²) in [5.74, 6) is 0.782. The van der Waals surface area contributed by atoms with Crippen molar-refractivity contribution in [2.45, 2.75) is 0 Å². The molecule has 0 atom stereocenters. The van der Waals surface area contributed by atoms with E-state index in [2.05, 4.69) is 4.98 Å². The maximum absolute atomic E-state index is 5.91. The van der Waals surface area contributed by atoms with Crippen molar-refractivity contribution in [1.29, 1.82) is 0 Å². The number of halogens is 1. The van der Waals surface area contributed by atoms with Crippen molar-refractivity contribution in [3.63, 3.8) is 0 Å². The number of hydrogen-bond donors (Lipinski definition) is 1. The van der Waals surface area contributed by atoms with Gasteiger partial charge >= 0.3 is 0 Å². The summed E-state index contributed by atoms with van der Waals surface area (Å²) in [6.07, 6.45) is 0. The van der Waals surface area contributed by atoms with Crippen LogP contribution in [-0.2, 0) is 0 Å². The number of para-hydroxylation sites is 1. The average Bonchev–Trinajstić information content (AvgIpc) is 2.90.